The molecule has 1 aliphatic heterocycles. The Morgan fingerprint density at radius 3 is 2.74 bits per heavy atom. The molecule has 0 spiro atoms. The Kier molecular flexibility index (Phi) is 4.68. The van der Waals surface area contributed by atoms with Crippen LogP contribution in [0.15, 0.2) is 16.7 Å². The summed E-state index contributed by atoms with van der Waals surface area (Å²) in [6.45, 7) is 8.96. The standard InChI is InChI=1S/C14H22BrN3O/c1-4-5-17(12-7-16-8-12)14(19)13-6-11(15)9-18(13)10(2)3/h6,9-10,12,16H,4-5,7-8H2,1-3H3. The van der Waals surface area contributed by atoms with Crippen LogP contribution in [-0.2, 0) is 0 Å². The number of halogens is 1. The molecular weight excluding hydrogens is 306 g/mol. The molecule has 0 saturated carbocycles. The Morgan fingerprint density at radius 1 is 1.58 bits per heavy atom. The van der Waals surface area contributed by atoms with Crippen LogP contribution >= 0.6 is 15.9 Å². The molecule has 1 aromatic heterocycles. The van der Waals surface area contributed by atoms with Gasteiger partial charge < -0.3 is 14.8 Å². The molecule has 106 valence electrons. The lowest BCUT2D eigenvalue weighted by Crippen LogP contribution is -2.59. The second kappa shape index (κ2) is 6.09. The molecule has 0 unspecified atom stereocenters. The van der Waals surface area contributed by atoms with Crippen LogP contribution in [0.2, 0.25) is 0 Å². The highest BCUT2D eigenvalue weighted by Crippen LogP contribution is 2.22. The molecule has 1 aromatic rings. The molecule has 1 amide bonds. The van der Waals surface area contributed by atoms with E-state index >= 15 is 0 Å². The van der Waals surface area contributed by atoms with Gasteiger partial charge in [-0.1, -0.05) is 6.92 Å². The van der Waals surface area contributed by atoms with Crippen molar-refractivity contribution in [2.24, 2.45) is 0 Å². The van der Waals surface area contributed by atoms with Crippen LogP contribution in [0.3, 0.4) is 0 Å². The Bertz CT molecular complexity index is 452. The van der Waals surface area contributed by atoms with Crippen molar-refractivity contribution in [2.45, 2.75) is 39.3 Å². The highest BCUT2D eigenvalue weighted by molar-refractivity contribution is 9.10. The zero-order valence-corrected chi connectivity index (χ0v) is 13.4. The van der Waals surface area contributed by atoms with Crippen molar-refractivity contribution < 1.29 is 4.79 Å². The topological polar surface area (TPSA) is 37.3 Å². The Labute approximate surface area is 123 Å². The number of hydrogen-bond acceptors (Lipinski definition) is 2. The van der Waals surface area contributed by atoms with Crippen molar-refractivity contribution in [3.05, 3.63) is 22.4 Å². The Morgan fingerprint density at radius 2 is 2.26 bits per heavy atom. The maximum Gasteiger partial charge on any atom is 0.270 e. The average Bonchev–Trinajstić information content (AvgIpc) is 2.67. The summed E-state index contributed by atoms with van der Waals surface area (Å²) >= 11 is 3.47. The molecule has 4 nitrogen and oxygen atoms in total. The first-order valence-corrected chi connectivity index (χ1v) is 7.73. The monoisotopic (exact) mass is 327 g/mol. The van der Waals surface area contributed by atoms with E-state index in [2.05, 4.69) is 42.0 Å². The minimum Gasteiger partial charge on any atom is -0.340 e. The minimum atomic E-state index is 0.146. The predicted octanol–water partition coefficient (Wildman–Crippen LogP) is 2.66. The maximum absolute atomic E-state index is 12.8. The van der Waals surface area contributed by atoms with E-state index in [-0.39, 0.29) is 11.9 Å². The molecule has 1 N–H and O–H groups in total. The van der Waals surface area contributed by atoms with Gasteiger partial charge in [-0.15, -0.1) is 0 Å². The molecular formula is C14H22BrN3O. The zero-order valence-electron chi connectivity index (χ0n) is 11.8. The lowest BCUT2D eigenvalue weighted by Gasteiger charge is -2.38. The number of carbonyl (C=O) groups is 1. The largest absolute Gasteiger partial charge is 0.340 e. The molecule has 5 heteroatoms. The Hall–Kier alpha value is -0.810. The number of carbonyl (C=O) groups excluding carboxylic acids is 1. The third kappa shape index (κ3) is 3.03. The van der Waals surface area contributed by atoms with E-state index in [0.29, 0.717) is 6.04 Å². The zero-order chi connectivity index (χ0) is 14.0. The van der Waals surface area contributed by atoms with E-state index in [4.69, 9.17) is 0 Å². The van der Waals surface area contributed by atoms with Gasteiger partial charge in [0.2, 0.25) is 0 Å². The summed E-state index contributed by atoms with van der Waals surface area (Å²) in [4.78, 5) is 14.8. The van der Waals surface area contributed by atoms with Gasteiger partial charge in [0, 0.05) is 36.3 Å². The first kappa shape index (κ1) is 14.6. The molecule has 1 saturated heterocycles. The summed E-state index contributed by atoms with van der Waals surface area (Å²) in [6.07, 6.45) is 2.98. The summed E-state index contributed by atoms with van der Waals surface area (Å²) in [5, 5.41) is 3.24. The molecule has 0 atom stereocenters. The smallest absolute Gasteiger partial charge is 0.270 e. The van der Waals surface area contributed by atoms with Gasteiger partial charge in [0.05, 0.1) is 6.04 Å². The molecule has 19 heavy (non-hydrogen) atoms. The second-order valence-electron chi connectivity index (χ2n) is 5.36. The first-order chi connectivity index (χ1) is 9.04. The van der Waals surface area contributed by atoms with Crippen molar-refractivity contribution in [3.8, 4) is 0 Å². The van der Waals surface area contributed by atoms with Gasteiger partial charge in [0.25, 0.3) is 5.91 Å². The van der Waals surface area contributed by atoms with E-state index < -0.39 is 0 Å². The van der Waals surface area contributed by atoms with Gasteiger partial charge in [0.1, 0.15) is 5.69 Å². The van der Waals surface area contributed by atoms with E-state index in [1.54, 1.807) is 0 Å². The van der Waals surface area contributed by atoms with Crippen LogP contribution in [-0.4, -0.2) is 41.1 Å². The first-order valence-electron chi connectivity index (χ1n) is 6.93. The van der Waals surface area contributed by atoms with Gasteiger partial charge in [-0.05, 0) is 42.3 Å². The molecule has 2 heterocycles. The molecule has 1 aliphatic rings. The van der Waals surface area contributed by atoms with E-state index in [0.717, 1.165) is 36.2 Å². The number of nitrogens with zero attached hydrogens (tertiary/aromatic N) is 2. The quantitative estimate of drug-likeness (QED) is 0.902. The fraction of sp³-hybridized carbons (Fsp3) is 0.643. The van der Waals surface area contributed by atoms with Gasteiger partial charge in [-0.2, -0.15) is 0 Å². The van der Waals surface area contributed by atoms with Gasteiger partial charge in [0.15, 0.2) is 0 Å². The van der Waals surface area contributed by atoms with Crippen LogP contribution in [0.25, 0.3) is 0 Å². The maximum atomic E-state index is 12.8. The second-order valence-corrected chi connectivity index (χ2v) is 6.27. The van der Waals surface area contributed by atoms with Crippen LogP contribution in [0, 0.1) is 0 Å². The Balaban J connectivity index is 2.25. The molecule has 0 aromatic carbocycles. The molecule has 1 fully saturated rings. The number of amides is 1. The van der Waals surface area contributed by atoms with Crippen molar-refractivity contribution in [3.63, 3.8) is 0 Å². The van der Waals surface area contributed by atoms with E-state index in [1.165, 1.54) is 0 Å². The van der Waals surface area contributed by atoms with Crippen molar-refractivity contribution in [1.29, 1.82) is 0 Å². The van der Waals surface area contributed by atoms with Crippen LogP contribution in [0.5, 0.6) is 0 Å². The van der Waals surface area contributed by atoms with Gasteiger partial charge in [-0.25, -0.2) is 0 Å². The summed E-state index contributed by atoms with van der Waals surface area (Å²) in [5.41, 5.74) is 0.780. The predicted molar refractivity (Wildman–Crippen MR) is 80.5 cm³/mol. The highest BCUT2D eigenvalue weighted by atomic mass is 79.9. The van der Waals surface area contributed by atoms with Gasteiger partial charge in [-0.3, -0.25) is 4.79 Å². The lowest BCUT2D eigenvalue weighted by molar-refractivity contribution is 0.0603. The van der Waals surface area contributed by atoms with Crippen LogP contribution in [0.1, 0.15) is 43.7 Å². The summed E-state index contributed by atoms with van der Waals surface area (Å²) in [5.74, 6) is 0.146. The summed E-state index contributed by atoms with van der Waals surface area (Å²) < 4.78 is 3.01. The SMILES string of the molecule is CCCN(C(=O)c1cc(Br)cn1C(C)C)C1CNC1. The molecule has 0 bridgehead atoms. The van der Waals surface area contributed by atoms with Crippen molar-refractivity contribution in [1.82, 2.24) is 14.8 Å². The number of hydrogen-bond donors (Lipinski definition) is 1. The van der Waals surface area contributed by atoms with Crippen molar-refractivity contribution in [2.75, 3.05) is 19.6 Å². The highest BCUT2D eigenvalue weighted by Gasteiger charge is 2.30. The van der Waals surface area contributed by atoms with Gasteiger partial charge >= 0.3 is 0 Å². The normalized spacial score (nSPS) is 15.6. The number of aromatic nitrogens is 1. The van der Waals surface area contributed by atoms with Crippen LogP contribution < -0.4 is 5.32 Å². The van der Waals surface area contributed by atoms with Crippen molar-refractivity contribution >= 4 is 21.8 Å². The average molecular weight is 328 g/mol. The third-order valence-corrected chi connectivity index (χ3v) is 3.95. The van der Waals surface area contributed by atoms with E-state index in [1.807, 2.05) is 21.7 Å². The minimum absolute atomic E-state index is 0.146. The molecule has 0 aliphatic carbocycles. The lowest BCUT2D eigenvalue weighted by atomic mass is 10.1. The number of nitrogens with one attached hydrogen (secondary N) is 1. The van der Waals surface area contributed by atoms with E-state index in [9.17, 15) is 4.79 Å². The number of rotatable bonds is 5. The summed E-state index contributed by atoms with van der Waals surface area (Å²) in [7, 11) is 0. The fourth-order valence-electron chi connectivity index (χ4n) is 2.38. The third-order valence-electron chi connectivity index (χ3n) is 3.52. The molecule has 0 radical (unpaired) electrons. The fourth-order valence-corrected chi connectivity index (χ4v) is 2.81. The molecule has 2 rings (SSSR count). The van der Waals surface area contributed by atoms with Crippen LogP contribution in [0.4, 0.5) is 0 Å². The summed E-state index contributed by atoms with van der Waals surface area (Å²) in [6, 6.07) is 2.56.